The molecule has 11 nitrogen and oxygen atoms in total. The van der Waals surface area contributed by atoms with Gasteiger partial charge in [0.15, 0.2) is 0 Å². The molecule has 6 atom stereocenters. The topological polar surface area (TPSA) is 136 Å². The zero-order valence-corrected chi connectivity index (χ0v) is 40.0. The van der Waals surface area contributed by atoms with Crippen LogP contribution in [0, 0.1) is 11.8 Å². The summed E-state index contributed by atoms with van der Waals surface area (Å²) in [6.07, 6.45) is 8.39. The number of imidazole rings is 2. The number of ether oxygens (including phenoxy) is 1. The van der Waals surface area contributed by atoms with Gasteiger partial charge in [-0.2, -0.15) is 0 Å². The summed E-state index contributed by atoms with van der Waals surface area (Å²) in [6, 6.07) is 38.1. The molecule has 11 heteroatoms. The molecule has 2 saturated heterocycles. The number of fused-ring (bicyclic) bond motifs is 6. The molecular weight excluding hydrogens is 859 g/mol. The maximum Gasteiger partial charge on any atom is 0.413 e. The highest BCUT2D eigenvalue weighted by atomic mass is 16.6. The van der Waals surface area contributed by atoms with Gasteiger partial charge in [-0.3, -0.25) is 9.59 Å². The lowest BCUT2D eigenvalue weighted by Gasteiger charge is -2.30. The van der Waals surface area contributed by atoms with E-state index in [1.807, 2.05) is 49.2 Å². The number of nitrogens with one attached hydrogen (secondary N) is 3. The Morgan fingerprint density at radius 1 is 0.652 bits per heavy atom. The smallest absolute Gasteiger partial charge is 0.410 e. The maximum absolute atomic E-state index is 14.1. The van der Waals surface area contributed by atoms with Gasteiger partial charge < -0.3 is 29.8 Å². The van der Waals surface area contributed by atoms with E-state index in [1.165, 1.54) is 52.6 Å². The van der Waals surface area contributed by atoms with Crippen LogP contribution in [-0.4, -0.2) is 66.8 Å². The minimum atomic E-state index is -0.739. The Balaban J connectivity index is 0.815. The molecule has 2 bridgehead atoms. The lowest BCUT2D eigenvalue weighted by Crippen LogP contribution is -2.51. The molecule has 0 radical (unpaired) electrons. The molecule has 352 valence electrons. The van der Waals surface area contributed by atoms with Crippen LogP contribution in [0.2, 0.25) is 0 Å². The van der Waals surface area contributed by atoms with Crippen LogP contribution >= 0.6 is 0 Å². The van der Waals surface area contributed by atoms with E-state index >= 15 is 0 Å². The second-order valence-corrected chi connectivity index (χ2v) is 20.4. The van der Waals surface area contributed by atoms with Gasteiger partial charge in [-0.25, -0.2) is 14.8 Å². The number of rotatable bonds is 12. The highest BCUT2D eigenvalue weighted by Crippen LogP contribution is 2.58. The van der Waals surface area contributed by atoms with E-state index in [4.69, 9.17) is 14.7 Å². The molecule has 4 aliphatic rings. The van der Waals surface area contributed by atoms with Crippen molar-refractivity contribution in [3.05, 3.63) is 150 Å². The minimum absolute atomic E-state index is 0.0669. The van der Waals surface area contributed by atoms with Gasteiger partial charge in [-0.1, -0.05) is 119 Å². The molecule has 2 aliphatic heterocycles. The molecule has 2 aliphatic carbocycles. The summed E-state index contributed by atoms with van der Waals surface area (Å²) >= 11 is 0. The van der Waals surface area contributed by atoms with Crippen LogP contribution in [-0.2, 0) is 9.59 Å². The summed E-state index contributed by atoms with van der Waals surface area (Å²) in [4.78, 5) is 62.3. The Hall–Kier alpha value is -7.01. The van der Waals surface area contributed by atoms with Crippen LogP contribution in [0.15, 0.2) is 121 Å². The second-order valence-electron chi connectivity index (χ2n) is 20.4. The van der Waals surface area contributed by atoms with E-state index in [0.29, 0.717) is 24.1 Å². The first-order valence-electron chi connectivity index (χ1n) is 25.1. The Morgan fingerprint density at radius 2 is 1.26 bits per heavy atom. The highest BCUT2D eigenvalue weighted by Gasteiger charge is 2.42. The van der Waals surface area contributed by atoms with Crippen LogP contribution in [0.25, 0.3) is 44.5 Å². The predicted octanol–water partition coefficient (Wildman–Crippen LogP) is 12.2. The molecule has 3 N–H and O–H groups in total. The van der Waals surface area contributed by atoms with Gasteiger partial charge in [0.1, 0.15) is 23.4 Å². The number of likely N-dealkylation sites (tertiary alicyclic amines) is 2. The summed E-state index contributed by atoms with van der Waals surface area (Å²) in [5.74, 6) is 3.03. The molecule has 11 rings (SSSR count). The summed E-state index contributed by atoms with van der Waals surface area (Å²) in [5, 5.41) is 2.85. The third-order valence-corrected chi connectivity index (χ3v) is 15.4. The fourth-order valence-corrected chi connectivity index (χ4v) is 12.1. The Bertz CT molecular complexity index is 3010. The van der Waals surface area contributed by atoms with Gasteiger partial charge >= 0.3 is 6.09 Å². The number of hydrogen-bond donors (Lipinski definition) is 3. The van der Waals surface area contributed by atoms with Gasteiger partial charge in [0.25, 0.3) is 0 Å². The number of aromatic amines is 2. The second kappa shape index (κ2) is 18.5. The van der Waals surface area contributed by atoms with Gasteiger partial charge in [0.2, 0.25) is 11.8 Å². The summed E-state index contributed by atoms with van der Waals surface area (Å²) in [7, 11) is 0. The lowest BCUT2D eigenvalue weighted by atomic mass is 9.81. The number of amides is 3. The van der Waals surface area contributed by atoms with Crippen molar-refractivity contribution in [2.75, 3.05) is 13.1 Å². The lowest BCUT2D eigenvalue weighted by molar-refractivity contribution is -0.136. The molecule has 0 spiro atoms. The number of carbonyl (C=O) groups excluding carboxylic acids is 3. The highest BCUT2D eigenvalue weighted by molar-refractivity contribution is 5.89. The SMILES string of the molecule is CC(C)C(C(=O)N1CCC[C@H]1c1ncc(-c2ccc(-c3ccc(-c4ccc5nc([C@@H]6CCCN6C(=O)[C@@H](NC(=O)Oc6ccccc6)C(C)C)[nH]c5c4)c4c3C3CCC4C3)cc2)[nH]1)c1ccccc1. The zero-order valence-electron chi connectivity index (χ0n) is 40.0. The quantitative estimate of drug-likeness (QED) is 0.112. The normalized spacial score (nSPS) is 20.5. The van der Waals surface area contributed by atoms with Crippen LogP contribution in [0.1, 0.15) is 131 Å². The third-order valence-electron chi connectivity index (χ3n) is 15.4. The summed E-state index contributed by atoms with van der Waals surface area (Å²) < 4.78 is 5.49. The van der Waals surface area contributed by atoms with Crippen LogP contribution in [0.4, 0.5) is 4.79 Å². The van der Waals surface area contributed by atoms with E-state index in [-0.39, 0.29) is 41.7 Å². The number of nitrogens with zero attached hydrogens (tertiary/aromatic N) is 4. The van der Waals surface area contributed by atoms with Crippen LogP contribution < -0.4 is 10.1 Å². The maximum atomic E-state index is 14.1. The van der Waals surface area contributed by atoms with Crippen LogP contribution in [0.5, 0.6) is 5.75 Å². The number of carbonyl (C=O) groups is 3. The first-order chi connectivity index (χ1) is 33.6. The van der Waals surface area contributed by atoms with Gasteiger partial charge in [0, 0.05) is 13.1 Å². The van der Waals surface area contributed by atoms with E-state index in [9.17, 15) is 14.4 Å². The van der Waals surface area contributed by atoms with Crippen molar-refractivity contribution in [1.82, 2.24) is 35.1 Å². The molecule has 3 fully saturated rings. The molecule has 7 aromatic rings. The van der Waals surface area contributed by atoms with Crippen molar-refractivity contribution in [2.24, 2.45) is 11.8 Å². The van der Waals surface area contributed by atoms with Gasteiger partial charge in [-0.05, 0) is 137 Å². The first kappa shape index (κ1) is 44.5. The average Bonchev–Trinajstić information content (AvgIpc) is 4.23. The van der Waals surface area contributed by atoms with Crippen molar-refractivity contribution >= 4 is 28.9 Å². The number of hydrogen-bond acceptors (Lipinski definition) is 6. The molecule has 69 heavy (non-hydrogen) atoms. The van der Waals surface area contributed by atoms with E-state index in [1.54, 1.807) is 24.3 Å². The van der Waals surface area contributed by atoms with Crippen molar-refractivity contribution < 1.29 is 19.1 Å². The molecule has 3 amide bonds. The number of para-hydroxylation sites is 1. The fourth-order valence-electron chi connectivity index (χ4n) is 12.1. The Labute approximate surface area is 404 Å². The molecule has 5 aromatic carbocycles. The van der Waals surface area contributed by atoms with Crippen molar-refractivity contribution in [1.29, 1.82) is 0 Å². The molecule has 2 aromatic heterocycles. The summed E-state index contributed by atoms with van der Waals surface area (Å²) in [6.45, 7) is 9.48. The van der Waals surface area contributed by atoms with Crippen molar-refractivity contribution in [3.63, 3.8) is 0 Å². The largest absolute Gasteiger partial charge is 0.413 e. The average molecular weight is 920 g/mol. The van der Waals surface area contributed by atoms with Gasteiger partial charge in [-0.15, -0.1) is 0 Å². The van der Waals surface area contributed by atoms with Crippen LogP contribution in [0.3, 0.4) is 0 Å². The Kier molecular flexibility index (Phi) is 11.9. The summed E-state index contributed by atoms with van der Waals surface area (Å²) in [5.41, 5.74) is 12.9. The molecule has 1 saturated carbocycles. The fraction of sp³-hybridized carbons (Fsp3) is 0.362. The zero-order chi connectivity index (χ0) is 47.3. The monoisotopic (exact) mass is 919 g/mol. The molecule has 4 heterocycles. The molecule has 3 unspecified atom stereocenters. The minimum Gasteiger partial charge on any atom is -0.410 e. The standard InChI is InChI=1S/C58H61N7O4/c1-34(2)50(38-13-7-5-8-14-38)56(66)64-29-11-17-48(64)54-59-33-47(62-54)37-21-19-36(20-22-37)43-26-27-44(52-41-24-23-40(31-41)51(43)52)39-25-28-45-46(32-39)61-55(60-45)49-18-12-30-65(49)57(67)53(35(3)4)63-58(68)69-42-15-9-6-10-16-42/h5-10,13-16,19-22,25-28,32-35,40-41,48-50,53H,11-12,17-18,23-24,29-31H2,1-4H3,(H,59,62)(H,60,61)(H,63,68)/t40?,41?,48-,49-,50?,53-/m0/s1. The predicted molar refractivity (Wildman–Crippen MR) is 270 cm³/mol. The van der Waals surface area contributed by atoms with Gasteiger partial charge in [0.05, 0.1) is 40.9 Å². The number of H-pyrrole nitrogens is 2. The van der Waals surface area contributed by atoms with Crippen molar-refractivity contribution in [3.8, 4) is 39.3 Å². The third kappa shape index (κ3) is 8.40. The number of aromatic nitrogens is 4. The van der Waals surface area contributed by atoms with E-state index < -0.39 is 12.1 Å². The van der Waals surface area contributed by atoms with E-state index in [0.717, 1.165) is 71.7 Å². The Morgan fingerprint density at radius 3 is 1.93 bits per heavy atom. The van der Waals surface area contributed by atoms with E-state index in [2.05, 4.69) is 101 Å². The molecular formula is C58H61N7O4. The number of benzene rings is 5. The van der Waals surface area contributed by atoms with Crippen molar-refractivity contribution in [2.45, 2.75) is 109 Å². The first-order valence-corrected chi connectivity index (χ1v) is 25.1.